The predicted octanol–water partition coefficient (Wildman–Crippen LogP) is 3.43. The van der Waals surface area contributed by atoms with E-state index in [0.717, 1.165) is 22.3 Å². The second kappa shape index (κ2) is 7.41. The zero-order valence-electron chi connectivity index (χ0n) is 16.9. The molecule has 0 saturated carbocycles. The van der Waals surface area contributed by atoms with Gasteiger partial charge >= 0.3 is 6.03 Å². The molecule has 1 fully saturated rings. The van der Waals surface area contributed by atoms with Crippen molar-refractivity contribution >= 4 is 21.7 Å². The second-order valence-electron chi connectivity index (χ2n) is 7.73. The SMILES string of the molecule is Cc1ccccc1C1=CC(c2ccccc2C)(N2CCNC2=O)C=CC1S(=O)(=O)O. The maximum atomic E-state index is 12.7. The third-order valence-electron chi connectivity index (χ3n) is 5.86. The number of hydrogen-bond donors (Lipinski definition) is 2. The van der Waals surface area contributed by atoms with Gasteiger partial charge in [-0.25, -0.2) is 4.79 Å². The van der Waals surface area contributed by atoms with Crippen LogP contribution in [0.2, 0.25) is 0 Å². The molecule has 2 amide bonds. The van der Waals surface area contributed by atoms with Gasteiger partial charge in [-0.2, -0.15) is 8.42 Å². The Bertz CT molecular complexity index is 1170. The molecule has 7 heteroatoms. The van der Waals surface area contributed by atoms with E-state index in [1.807, 2.05) is 68.5 Å². The van der Waals surface area contributed by atoms with Crippen molar-refractivity contribution in [3.63, 3.8) is 0 Å². The van der Waals surface area contributed by atoms with Crippen LogP contribution in [0.3, 0.4) is 0 Å². The molecule has 1 saturated heterocycles. The van der Waals surface area contributed by atoms with Crippen LogP contribution >= 0.6 is 0 Å². The van der Waals surface area contributed by atoms with Crippen LogP contribution in [0, 0.1) is 13.8 Å². The zero-order chi connectivity index (χ0) is 21.5. The Hall–Kier alpha value is -2.90. The maximum absolute atomic E-state index is 12.7. The third kappa shape index (κ3) is 3.34. The summed E-state index contributed by atoms with van der Waals surface area (Å²) in [7, 11) is -4.39. The van der Waals surface area contributed by atoms with Gasteiger partial charge in [-0.15, -0.1) is 0 Å². The van der Waals surface area contributed by atoms with Gasteiger partial charge in [0.2, 0.25) is 0 Å². The molecule has 1 heterocycles. The van der Waals surface area contributed by atoms with E-state index in [9.17, 15) is 17.8 Å². The normalized spacial score (nSPS) is 24.0. The quantitative estimate of drug-likeness (QED) is 0.582. The zero-order valence-corrected chi connectivity index (χ0v) is 17.7. The Labute approximate surface area is 176 Å². The first-order chi connectivity index (χ1) is 14.2. The van der Waals surface area contributed by atoms with Gasteiger partial charge in [-0.3, -0.25) is 4.55 Å². The number of nitrogens with one attached hydrogen (secondary N) is 1. The van der Waals surface area contributed by atoms with Gasteiger partial charge < -0.3 is 10.2 Å². The average Bonchev–Trinajstić information content (AvgIpc) is 3.14. The largest absolute Gasteiger partial charge is 0.336 e. The summed E-state index contributed by atoms with van der Waals surface area (Å²) < 4.78 is 34.5. The van der Waals surface area contributed by atoms with E-state index in [2.05, 4.69) is 5.32 Å². The van der Waals surface area contributed by atoms with Crippen molar-refractivity contribution in [1.29, 1.82) is 0 Å². The number of carbonyl (C=O) groups excluding carboxylic acids is 1. The number of hydrogen-bond acceptors (Lipinski definition) is 3. The summed E-state index contributed by atoms with van der Waals surface area (Å²) in [5.74, 6) is 0. The highest BCUT2D eigenvalue weighted by molar-refractivity contribution is 7.87. The van der Waals surface area contributed by atoms with Crippen LogP contribution in [0.4, 0.5) is 4.79 Å². The highest BCUT2D eigenvalue weighted by Crippen LogP contribution is 2.43. The van der Waals surface area contributed by atoms with Crippen molar-refractivity contribution in [1.82, 2.24) is 10.2 Å². The first-order valence-corrected chi connectivity index (χ1v) is 11.3. The summed E-state index contributed by atoms with van der Waals surface area (Å²) in [6.07, 6.45) is 5.04. The van der Waals surface area contributed by atoms with E-state index in [0.29, 0.717) is 18.7 Å². The van der Waals surface area contributed by atoms with Crippen LogP contribution < -0.4 is 5.32 Å². The van der Waals surface area contributed by atoms with Crippen LogP contribution in [0.25, 0.3) is 5.57 Å². The van der Waals surface area contributed by atoms with Crippen LogP contribution in [-0.2, 0) is 15.7 Å². The molecule has 156 valence electrons. The van der Waals surface area contributed by atoms with Gasteiger partial charge in [-0.05, 0) is 47.8 Å². The molecule has 6 nitrogen and oxygen atoms in total. The Kier molecular flexibility index (Phi) is 5.03. The number of urea groups is 1. The number of nitrogens with zero attached hydrogens (tertiary/aromatic N) is 1. The van der Waals surface area contributed by atoms with Crippen molar-refractivity contribution in [3.05, 3.63) is 89.0 Å². The fraction of sp³-hybridized carbons (Fsp3) is 0.261. The van der Waals surface area contributed by atoms with Crippen molar-refractivity contribution < 1.29 is 17.8 Å². The minimum atomic E-state index is -4.39. The van der Waals surface area contributed by atoms with Gasteiger partial charge in [0.25, 0.3) is 10.1 Å². The number of aryl methyl sites for hydroxylation is 2. The molecule has 1 aliphatic heterocycles. The minimum Gasteiger partial charge on any atom is -0.336 e. The van der Waals surface area contributed by atoms with Crippen LogP contribution in [-0.4, -0.2) is 42.2 Å². The fourth-order valence-corrected chi connectivity index (χ4v) is 5.21. The van der Waals surface area contributed by atoms with Gasteiger partial charge in [0.1, 0.15) is 10.8 Å². The lowest BCUT2D eigenvalue weighted by molar-refractivity contribution is 0.187. The molecule has 2 atom stereocenters. The molecule has 1 aliphatic carbocycles. The van der Waals surface area contributed by atoms with Crippen LogP contribution in [0.15, 0.2) is 66.8 Å². The lowest BCUT2D eigenvalue weighted by Crippen LogP contribution is -2.48. The summed E-state index contributed by atoms with van der Waals surface area (Å²) in [6, 6.07) is 15.0. The number of rotatable bonds is 4. The van der Waals surface area contributed by atoms with Gasteiger partial charge in [-0.1, -0.05) is 60.7 Å². The maximum Gasteiger partial charge on any atom is 0.318 e. The average molecular weight is 425 g/mol. The minimum absolute atomic E-state index is 0.214. The summed E-state index contributed by atoms with van der Waals surface area (Å²) in [5, 5.41) is 1.64. The summed E-state index contributed by atoms with van der Waals surface area (Å²) >= 11 is 0. The van der Waals surface area contributed by atoms with Crippen LogP contribution in [0.1, 0.15) is 22.3 Å². The summed E-state index contributed by atoms with van der Waals surface area (Å²) in [4.78, 5) is 14.4. The Morgan fingerprint density at radius 3 is 2.33 bits per heavy atom. The molecule has 2 N–H and O–H groups in total. The standard InChI is InChI=1S/C23H24N2O4S/c1-16-7-3-5-9-18(16)19-15-23(25-14-13-24-22(25)26,12-11-21(19)30(27,28)29)20-10-6-4-8-17(20)2/h3-12,15,21H,13-14H2,1-2H3,(H,24,26)(H,27,28,29). The molecule has 4 rings (SSSR count). The Morgan fingerprint density at radius 1 is 1.07 bits per heavy atom. The molecule has 2 aromatic carbocycles. The van der Waals surface area contributed by atoms with Crippen LogP contribution in [0.5, 0.6) is 0 Å². The van der Waals surface area contributed by atoms with E-state index in [4.69, 9.17) is 0 Å². The molecule has 0 aromatic heterocycles. The van der Waals surface area contributed by atoms with Crippen molar-refractivity contribution in [2.45, 2.75) is 24.6 Å². The molecule has 30 heavy (non-hydrogen) atoms. The topological polar surface area (TPSA) is 86.7 Å². The summed E-state index contributed by atoms with van der Waals surface area (Å²) in [5.41, 5.74) is 2.97. The number of carbonyl (C=O) groups is 1. The molecule has 0 radical (unpaired) electrons. The predicted molar refractivity (Wildman–Crippen MR) is 117 cm³/mol. The first kappa shape index (κ1) is 20.4. The van der Waals surface area contributed by atoms with E-state index in [-0.39, 0.29) is 6.03 Å². The lowest BCUT2D eigenvalue weighted by atomic mass is 9.78. The van der Waals surface area contributed by atoms with Gasteiger partial charge in [0.15, 0.2) is 0 Å². The Morgan fingerprint density at radius 2 is 1.73 bits per heavy atom. The Balaban J connectivity index is 2.03. The molecule has 2 unspecified atom stereocenters. The van der Waals surface area contributed by atoms with Gasteiger partial charge in [0.05, 0.1) is 0 Å². The van der Waals surface area contributed by atoms with E-state index in [1.165, 1.54) is 6.08 Å². The molecule has 2 aromatic rings. The lowest BCUT2D eigenvalue weighted by Gasteiger charge is -2.41. The van der Waals surface area contributed by atoms with E-state index < -0.39 is 20.9 Å². The van der Waals surface area contributed by atoms with Crippen molar-refractivity contribution in [2.75, 3.05) is 13.1 Å². The van der Waals surface area contributed by atoms with Gasteiger partial charge in [0, 0.05) is 13.1 Å². The molecule has 2 aliphatic rings. The molecular weight excluding hydrogens is 400 g/mol. The van der Waals surface area contributed by atoms with E-state index >= 15 is 0 Å². The third-order valence-corrected chi connectivity index (χ3v) is 6.92. The smallest absolute Gasteiger partial charge is 0.318 e. The molecule has 0 spiro atoms. The monoisotopic (exact) mass is 424 g/mol. The molecular formula is C23H24N2O4S. The second-order valence-corrected chi connectivity index (χ2v) is 9.27. The number of benzene rings is 2. The summed E-state index contributed by atoms with van der Waals surface area (Å²) in [6.45, 7) is 4.85. The number of amides is 2. The van der Waals surface area contributed by atoms with E-state index in [1.54, 1.807) is 11.0 Å². The molecule has 0 bridgehead atoms. The first-order valence-electron chi connectivity index (χ1n) is 9.80. The fourth-order valence-electron chi connectivity index (χ4n) is 4.42. The highest BCUT2D eigenvalue weighted by Gasteiger charge is 2.45. The van der Waals surface area contributed by atoms with Crippen molar-refractivity contribution in [2.24, 2.45) is 0 Å². The van der Waals surface area contributed by atoms with Crippen molar-refractivity contribution in [3.8, 4) is 0 Å². The highest BCUT2D eigenvalue weighted by atomic mass is 32.2.